The highest BCUT2D eigenvalue weighted by Crippen LogP contribution is 2.43. The molecule has 4 nitrogen and oxygen atoms in total. The molecule has 0 N–H and O–H groups in total. The zero-order valence-electron chi connectivity index (χ0n) is 44.7. The zero-order valence-corrected chi connectivity index (χ0v) is 46.5. The van der Waals surface area contributed by atoms with Gasteiger partial charge in [0.15, 0.2) is 0 Å². The van der Waals surface area contributed by atoms with Gasteiger partial charge < -0.3 is 18.9 Å². The van der Waals surface area contributed by atoms with Gasteiger partial charge in [-0.2, -0.15) is 0 Å². The molecule has 388 valence electrons. The maximum absolute atomic E-state index is 7.24. The molecule has 0 saturated carbocycles. The Morgan fingerprint density at radius 1 is 0.269 bits per heavy atom. The molecule has 8 bridgehead atoms. The van der Waals surface area contributed by atoms with Crippen molar-refractivity contribution in [2.45, 2.75) is 65.6 Å². The first-order valence-electron chi connectivity index (χ1n) is 27.5. The van der Waals surface area contributed by atoms with Gasteiger partial charge >= 0.3 is 0 Å². The molecule has 11 rings (SSSR count). The van der Waals surface area contributed by atoms with Crippen molar-refractivity contribution in [2.24, 2.45) is 0 Å². The lowest BCUT2D eigenvalue weighted by atomic mass is 9.91. The van der Waals surface area contributed by atoms with Crippen molar-refractivity contribution in [3.63, 3.8) is 0 Å². The first kappa shape index (κ1) is 52.3. The van der Waals surface area contributed by atoms with Crippen LogP contribution in [0, 0.1) is 0 Å². The van der Waals surface area contributed by atoms with Crippen LogP contribution in [-0.2, 0) is 38.9 Å². The van der Waals surface area contributed by atoms with E-state index in [4.69, 9.17) is 18.9 Å². The van der Waals surface area contributed by atoms with Gasteiger partial charge in [0.2, 0.25) is 0 Å². The zero-order chi connectivity index (χ0) is 52.9. The average Bonchev–Trinajstić information content (AvgIpc) is 3.53. The highest BCUT2D eigenvalue weighted by Gasteiger charge is 2.27. The minimum atomic E-state index is -0.966. The van der Waals surface area contributed by atoms with E-state index in [1.807, 2.05) is 0 Å². The van der Waals surface area contributed by atoms with E-state index in [-0.39, 0.29) is 0 Å². The van der Waals surface area contributed by atoms with Crippen LogP contribution >= 0.6 is 15.8 Å². The van der Waals surface area contributed by atoms with Crippen LogP contribution < -0.4 is 50.8 Å². The Morgan fingerprint density at radius 3 is 0.795 bits per heavy atom. The van der Waals surface area contributed by atoms with Crippen molar-refractivity contribution >= 4 is 47.7 Å². The molecular weight excluding hydrogens is 991 g/mol. The first-order chi connectivity index (χ1) is 38.6. The third-order valence-electron chi connectivity index (χ3n) is 14.3. The molecule has 0 aromatic heterocycles. The SMILES string of the molecule is CCCOc1c2cc(P(c3ccccc3)c3ccccc3)cc1Cc1cccc(c1OCc1ccccc1)Cc1cc(P(c3ccccc3)c3ccccc3)cc(c1OCCC)Cc1cccc(c1OCc1ccccc1)C2. The molecule has 78 heavy (non-hydrogen) atoms. The van der Waals surface area contributed by atoms with Crippen LogP contribution in [0.4, 0.5) is 0 Å². The molecule has 0 heterocycles. The summed E-state index contributed by atoms with van der Waals surface area (Å²) in [6, 6.07) is 88.5. The van der Waals surface area contributed by atoms with E-state index in [0.29, 0.717) is 52.1 Å². The summed E-state index contributed by atoms with van der Waals surface area (Å²) >= 11 is 0. The molecule has 0 fully saturated rings. The number of hydrogen-bond donors (Lipinski definition) is 0. The van der Waals surface area contributed by atoms with E-state index >= 15 is 0 Å². The smallest absolute Gasteiger partial charge is 0.126 e. The molecule has 0 aliphatic heterocycles. The van der Waals surface area contributed by atoms with Gasteiger partial charge in [0, 0.05) is 25.7 Å². The summed E-state index contributed by atoms with van der Waals surface area (Å²) in [5.41, 5.74) is 11.2. The van der Waals surface area contributed by atoms with Crippen molar-refractivity contribution in [3.05, 3.63) is 298 Å². The number of hydrogen-bond acceptors (Lipinski definition) is 4. The summed E-state index contributed by atoms with van der Waals surface area (Å²) < 4.78 is 28.7. The minimum Gasteiger partial charge on any atom is -0.493 e. The normalized spacial score (nSPS) is 12.1. The van der Waals surface area contributed by atoms with Gasteiger partial charge in [0.1, 0.15) is 36.2 Å². The monoisotopic (exact) mass is 1060 g/mol. The van der Waals surface area contributed by atoms with E-state index in [0.717, 1.165) is 91.5 Å². The fourth-order valence-corrected chi connectivity index (χ4v) is 15.5. The molecule has 1 aliphatic carbocycles. The summed E-state index contributed by atoms with van der Waals surface area (Å²) in [5, 5.41) is 7.74. The van der Waals surface area contributed by atoms with Gasteiger partial charge in [0.05, 0.1) is 13.2 Å². The van der Waals surface area contributed by atoms with Crippen LogP contribution in [0.15, 0.2) is 243 Å². The first-order valence-corrected chi connectivity index (χ1v) is 30.2. The summed E-state index contributed by atoms with van der Waals surface area (Å²) in [6.45, 7) is 6.42. The van der Waals surface area contributed by atoms with Gasteiger partial charge in [-0.3, -0.25) is 0 Å². The lowest BCUT2D eigenvalue weighted by Crippen LogP contribution is -2.22. The van der Waals surface area contributed by atoms with E-state index < -0.39 is 15.8 Å². The van der Waals surface area contributed by atoms with E-state index in [1.54, 1.807) is 0 Å². The van der Waals surface area contributed by atoms with E-state index in [2.05, 4.69) is 257 Å². The van der Waals surface area contributed by atoms with Crippen molar-refractivity contribution in [1.82, 2.24) is 0 Å². The lowest BCUT2D eigenvalue weighted by Gasteiger charge is -2.26. The molecule has 0 radical (unpaired) electrons. The maximum atomic E-state index is 7.24. The van der Waals surface area contributed by atoms with Gasteiger partial charge in [0.25, 0.3) is 0 Å². The number of ether oxygens (including phenoxy) is 4. The lowest BCUT2D eigenvalue weighted by molar-refractivity contribution is 0.297. The highest BCUT2D eigenvalue weighted by atomic mass is 31.1. The number of rotatable bonds is 18. The van der Waals surface area contributed by atoms with Crippen molar-refractivity contribution < 1.29 is 18.9 Å². The molecule has 1 aliphatic rings. The van der Waals surface area contributed by atoms with Crippen molar-refractivity contribution in [2.75, 3.05) is 13.2 Å². The summed E-state index contributed by atoms with van der Waals surface area (Å²) in [4.78, 5) is 0. The Bertz CT molecular complexity index is 3130. The van der Waals surface area contributed by atoms with Crippen LogP contribution in [-0.4, -0.2) is 13.2 Å². The Balaban J connectivity index is 1.18. The number of fused-ring (bicyclic) bond motifs is 8. The third-order valence-corrected chi connectivity index (χ3v) is 19.1. The predicted octanol–water partition coefficient (Wildman–Crippen LogP) is 14.6. The second-order valence-electron chi connectivity index (χ2n) is 20.0. The largest absolute Gasteiger partial charge is 0.493 e. The fraction of sp³-hybridized carbons (Fsp3) is 0.167. The Morgan fingerprint density at radius 2 is 0.526 bits per heavy atom. The van der Waals surface area contributed by atoms with Crippen LogP contribution in [0.5, 0.6) is 23.0 Å². The predicted molar refractivity (Wildman–Crippen MR) is 328 cm³/mol. The van der Waals surface area contributed by atoms with Crippen LogP contribution in [0.3, 0.4) is 0 Å². The minimum absolute atomic E-state index is 0.431. The summed E-state index contributed by atoms with van der Waals surface area (Å²) in [6.07, 6.45) is 4.14. The van der Waals surface area contributed by atoms with Gasteiger partial charge in [-0.1, -0.05) is 232 Å². The number of benzene rings is 10. The maximum Gasteiger partial charge on any atom is 0.126 e. The second-order valence-corrected chi connectivity index (χ2v) is 24.4. The van der Waals surface area contributed by atoms with Gasteiger partial charge in [-0.15, -0.1) is 0 Å². The topological polar surface area (TPSA) is 36.9 Å². The molecular formula is C72H66O4P2. The molecule has 0 unspecified atom stereocenters. The Kier molecular flexibility index (Phi) is 17.2. The van der Waals surface area contributed by atoms with E-state index in [1.165, 1.54) is 31.8 Å². The third kappa shape index (κ3) is 12.3. The average molecular weight is 1060 g/mol. The summed E-state index contributed by atoms with van der Waals surface area (Å²) in [5.74, 6) is 3.67. The van der Waals surface area contributed by atoms with Gasteiger partial charge in [-0.25, -0.2) is 0 Å². The van der Waals surface area contributed by atoms with E-state index in [9.17, 15) is 0 Å². The van der Waals surface area contributed by atoms with Crippen LogP contribution in [0.2, 0.25) is 0 Å². The van der Waals surface area contributed by atoms with Crippen LogP contribution in [0.25, 0.3) is 0 Å². The molecule has 0 atom stereocenters. The Labute approximate surface area is 464 Å². The molecule has 0 amide bonds. The molecule has 10 aromatic carbocycles. The highest BCUT2D eigenvalue weighted by molar-refractivity contribution is 7.80. The standard InChI is InChI=1S/C72H66O4P2/c1-3-41-73-71-59-43-55-29-23-31-57(69(55)75-51-53-25-11-5-12-26-53)45-61-49-68(78(65-37-19-9-20-38-65)66-39-21-10-22-40-66)50-62(72(61)74-42-4-2)46-58-32-24-30-56(70(58)76-52-54-27-13-6-14-28-54)44-60(71)48-67(47-59)77(63-33-15-7-16-34-63)64-35-17-8-18-36-64/h5-40,47-50H,3-4,41-46,51-52H2,1-2H3. The fourth-order valence-electron chi connectivity index (χ4n) is 10.7. The Hall–Kier alpha value is -7.74. The van der Waals surface area contributed by atoms with Gasteiger partial charge in [-0.05, 0) is 140 Å². The summed E-state index contributed by atoms with van der Waals surface area (Å²) in [7, 11) is -1.93. The van der Waals surface area contributed by atoms with Crippen molar-refractivity contribution in [1.29, 1.82) is 0 Å². The quantitative estimate of drug-likeness (QED) is 0.0803. The molecule has 10 aromatic rings. The van der Waals surface area contributed by atoms with Crippen molar-refractivity contribution in [3.8, 4) is 23.0 Å². The second kappa shape index (κ2) is 25.6. The molecule has 6 heteroatoms. The molecule has 0 saturated heterocycles. The van der Waals surface area contributed by atoms with Crippen LogP contribution in [0.1, 0.15) is 82.3 Å². The number of para-hydroxylation sites is 2. The molecule has 0 spiro atoms.